The molecule has 0 aliphatic rings. The second kappa shape index (κ2) is 65.3. The molecule has 0 aliphatic heterocycles. The molecule has 9 nitrogen and oxygen atoms in total. The van der Waals surface area contributed by atoms with Gasteiger partial charge in [0.05, 0.1) is 27.7 Å². The van der Waals surface area contributed by atoms with E-state index in [-0.39, 0.29) is 26.1 Å². The Hall–Kier alpha value is -4.11. The lowest BCUT2D eigenvalue weighted by atomic mass is 10.0. The lowest BCUT2D eigenvalue weighted by Crippen LogP contribution is -2.37. The molecule has 0 saturated heterocycles. The number of allylic oxidation sites excluding steroid dienone is 24. The summed E-state index contributed by atoms with van der Waals surface area (Å²) in [6.07, 6.45) is 96.3. The minimum Gasteiger partial charge on any atom is -0.756 e. The molecule has 2 unspecified atom stereocenters. The number of unbranched alkanes of at least 4 members (excludes halogenated alkanes) is 24. The second-order valence-corrected chi connectivity index (χ2v) is 25.2. The van der Waals surface area contributed by atoms with Crippen molar-refractivity contribution in [3.05, 3.63) is 146 Å². The average Bonchev–Trinajstić information content (AvgIpc) is 3.67. The fourth-order valence-electron chi connectivity index (χ4n) is 9.14. The maximum atomic E-state index is 12.9. The molecule has 0 fully saturated rings. The molecule has 10 heteroatoms. The van der Waals surface area contributed by atoms with Gasteiger partial charge in [0.1, 0.15) is 19.8 Å². The van der Waals surface area contributed by atoms with Crippen LogP contribution < -0.4 is 4.89 Å². The van der Waals surface area contributed by atoms with Crippen LogP contribution in [0.2, 0.25) is 0 Å². The molecular formula is C76H128NO8P. The minimum absolute atomic E-state index is 0.0394. The van der Waals surface area contributed by atoms with Crippen molar-refractivity contribution in [3.8, 4) is 0 Å². The van der Waals surface area contributed by atoms with E-state index in [4.69, 9.17) is 18.5 Å². The molecule has 0 aromatic heterocycles. The molecule has 0 N–H and O–H groups in total. The summed E-state index contributed by atoms with van der Waals surface area (Å²) in [7, 11) is 1.15. The number of phosphoric ester groups is 1. The van der Waals surface area contributed by atoms with Gasteiger partial charge in [-0.3, -0.25) is 14.2 Å². The molecule has 2 atom stereocenters. The van der Waals surface area contributed by atoms with Gasteiger partial charge in [0.25, 0.3) is 7.82 Å². The van der Waals surface area contributed by atoms with Crippen molar-refractivity contribution in [2.75, 3.05) is 47.5 Å². The molecule has 0 aliphatic carbocycles. The van der Waals surface area contributed by atoms with Crippen molar-refractivity contribution >= 4 is 19.8 Å². The number of rotatable bonds is 62. The number of hydrogen-bond acceptors (Lipinski definition) is 8. The van der Waals surface area contributed by atoms with Crippen molar-refractivity contribution in [2.24, 2.45) is 0 Å². The highest BCUT2D eigenvalue weighted by Crippen LogP contribution is 2.38. The Morgan fingerprint density at radius 3 is 0.930 bits per heavy atom. The fourth-order valence-corrected chi connectivity index (χ4v) is 9.86. The Morgan fingerprint density at radius 2 is 0.628 bits per heavy atom. The van der Waals surface area contributed by atoms with Gasteiger partial charge in [-0.25, -0.2) is 0 Å². The van der Waals surface area contributed by atoms with E-state index in [1.165, 1.54) is 96.3 Å². The van der Waals surface area contributed by atoms with E-state index < -0.39 is 32.5 Å². The van der Waals surface area contributed by atoms with Crippen LogP contribution in [0.25, 0.3) is 0 Å². The largest absolute Gasteiger partial charge is 0.756 e. The van der Waals surface area contributed by atoms with E-state index in [1.54, 1.807) is 0 Å². The first-order chi connectivity index (χ1) is 42.0. The van der Waals surface area contributed by atoms with E-state index in [1.807, 2.05) is 21.1 Å². The van der Waals surface area contributed by atoms with E-state index >= 15 is 0 Å². The van der Waals surface area contributed by atoms with Crippen LogP contribution in [-0.2, 0) is 32.7 Å². The number of esters is 2. The number of likely N-dealkylation sites (N-methyl/N-ethyl adjacent to an activating group) is 1. The zero-order valence-corrected chi connectivity index (χ0v) is 56.6. The summed E-state index contributed by atoms with van der Waals surface area (Å²) in [4.78, 5) is 38.1. The SMILES string of the molecule is CC/C=C\C/C=C\C/C=C\C/C=C\C/C=C\C/C=C\CCCCCCCCCCCCCCCCCCCCC(=O)OC(COC(=O)CCCCCCCC/C=C\C/C=C\C/C=C\C/C=C\C/C=C\C/C=C\CC)COP(=O)([O-])OCC[N+](C)(C)C. The normalized spacial score (nSPS) is 14.1. The third-order valence-corrected chi connectivity index (χ3v) is 15.3. The molecular weight excluding hydrogens is 1090 g/mol. The Morgan fingerprint density at radius 1 is 0.360 bits per heavy atom. The highest BCUT2D eigenvalue weighted by Gasteiger charge is 2.22. The number of phosphoric acid groups is 1. The summed E-state index contributed by atoms with van der Waals surface area (Å²) in [6, 6.07) is 0. The van der Waals surface area contributed by atoms with Gasteiger partial charge in [0, 0.05) is 12.8 Å². The van der Waals surface area contributed by atoms with E-state index in [0.29, 0.717) is 23.9 Å². The van der Waals surface area contributed by atoms with Gasteiger partial charge in [-0.05, 0) is 116 Å². The molecule has 0 spiro atoms. The molecule has 490 valence electrons. The van der Waals surface area contributed by atoms with Crippen LogP contribution in [0.3, 0.4) is 0 Å². The van der Waals surface area contributed by atoms with Crippen LogP contribution >= 0.6 is 7.82 Å². The summed E-state index contributed by atoms with van der Waals surface area (Å²) < 4.78 is 34.3. The van der Waals surface area contributed by atoms with Crippen molar-refractivity contribution < 1.29 is 42.1 Å². The van der Waals surface area contributed by atoms with Gasteiger partial charge in [-0.15, -0.1) is 0 Å². The van der Waals surface area contributed by atoms with Gasteiger partial charge in [0.15, 0.2) is 6.10 Å². The monoisotopic (exact) mass is 1210 g/mol. The number of carbonyl (C=O) groups excluding carboxylic acids is 2. The predicted molar refractivity (Wildman–Crippen MR) is 369 cm³/mol. The van der Waals surface area contributed by atoms with E-state index in [9.17, 15) is 19.0 Å². The summed E-state index contributed by atoms with van der Waals surface area (Å²) in [5.74, 6) is -0.852. The number of carbonyl (C=O) groups is 2. The van der Waals surface area contributed by atoms with Crippen LogP contribution in [0.5, 0.6) is 0 Å². The minimum atomic E-state index is -4.65. The van der Waals surface area contributed by atoms with Crippen LogP contribution in [0, 0.1) is 0 Å². The van der Waals surface area contributed by atoms with Gasteiger partial charge in [-0.1, -0.05) is 288 Å². The molecule has 0 aromatic carbocycles. The van der Waals surface area contributed by atoms with Crippen LogP contribution in [0.15, 0.2) is 146 Å². The molecule has 0 heterocycles. The van der Waals surface area contributed by atoms with Gasteiger partial charge in [0.2, 0.25) is 0 Å². The molecule has 0 amide bonds. The van der Waals surface area contributed by atoms with E-state index in [0.717, 1.165) is 135 Å². The van der Waals surface area contributed by atoms with Crippen LogP contribution in [-0.4, -0.2) is 70.0 Å². The summed E-state index contributed by atoms with van der Waals surface area (Å²) >= 11 is 0. The van der Waals surface area contributed by atoms with Gasteiger partial charge in [-0.2, -0.15) is 0 Å². The van der Waals surface area contributed by atoms with Crippen molar-refractivity contribution in [3.63, 3.8) is 0 Å². The molecule has 0 radical (unpaired) electrons. The Bertz CT molecular complexity index is 1960. The molecule has 0 rings (SSSR count). The number of hydrogen-bond donors (Lipinski definition) is 0. The number of nitrogens with zero attached hydrogens (tertiary/aromatic N) is 1. The Balaban J connectivity index is 4.07. The predicted octanol–water partition coefficient (Wildman–Crippen LogP) is 22.0. The Labute approximate surface area is 529 Å². The first kappa shape index (κ1) is 81.9. The zero-order valence-electron chi connectivity index (χ0n) is 55.7. The zero-order chi connectivity index (χ0) is 62.6. The quantitative estimate of drug-likeness (QED) is 0.0195. The highest BCUT2D eigenvalue weighted by molar-refractivity contribution is 7.45. The molecule has 0 aromatic rings. The maximum Gasteiger partial charge on any atom is 0.306 e. The molecule has 0 saturated carbocycles. The average molecular weight is 1210 g/mol. The Kier molecular flexibility index (Phi) is 62.2. The lowest BCUT2D eigenvalue weighted by molar-refractivity contribution is -0.870. The summed E-state index contributed by atoms with van der Waals surface area (Å²) in [5, 5.41) is 0. The maximum absolute atomic E-state index is 12.9. The van der Waals surface area contributed by atoms with Gasteiger partial charge >= 0.3 is 11.9 Å². The third kappa shape index (κ3) is 69.0. The summed E-state index contributed by atoms with van der Waals surface area (Å²) in [5.41, 5.74) is 0. The molecule has 0 bridgehead atoms. The first-order valence-electron chi connectivity index (χ1n) is 34.5. The highest BCUT2D eigenvalue weighted by atomic mass is 31.2. The number of quaternary nitrogens is 1. The third-order valence-electron chi connectivity index (χ3n) is 14.4. The van der Waals surface area contributed by atoms with Crippen molar-refractivity contribution in [1.82, 2.24) is 0 Å². The first-order valence-corrected chi connectivity index (χ1v) is 36.0. The van der Waals surface area contributed by atoms with E-state index in [2.05, 4.69) is 160 Å². The van der Waals surface area contributed by atoms with Crippen LogP contribution in [0.4, 0.5) is 0 Å². The fraction of sp³-hybridized carbons (Fsp3) is 0.658. The summed E-state index contributed by atoms with van der Waals surface area (Å²) in [6.45, 7) is 4.00. The van der Waals surface area contributed by atoms with Crippen LogP contribution in [0.1, 0.15) is 271 Å². The second-order valence-electron chi connectivity index (χ2n) is 23.8. The topological polar surface area (TPSA) is 111 Å². The standard InChI is InChI=1S/C76H128NO8P/c1-6-8-10-12-14-16-18-20-22-24-26-28-30-32-33-34-35-36-37-38-39-40-41-42-43-45-47-49-51-53-55-57-59-61-63-65-67-69-76(79)85-74(73-84-86(80,81)83-71-70-77(3,4)5)72-82-75(78)68-66-64-62-60-58-56-54-52-50-48-46-44-31-29-27-25-23-21-19-17-15-13-11-9-7-2/h8-11,14-17,20-23,26-29,32-33,35-36,44,46,50,52,74H,6-7,12-13,18-19,24-25,30-31,34,37-43,45,47-49,51,53-73H2,1-5H3/b10-8-,11-9-,16-14-,17-15-,22-20-,23-21-,28-26-,29-27-,33-32-,36-35-,46-44-,52-50-. The van der Waals surface area contributed by atoms with Crippen molar-refractivity contribution in [2.45, 2.75) is 277 Å². The number of ether oxygens (including phenoxy) is 2. The lowest BCUT2D eigenvalue weighted by Gasteiger charge is -2.28. The van der Waals surface area contributed by atoms with Crippen molar-refractivity contribution in [1.29, 1.82) is 0 Å². The molecule has 86 heavy (non-hydrogen) atoms. The van der Waals surface area contributed by atoms with Gasteiger partial charge < -0.3 is 27.9 Å². The smallest absolute Gasteiger partial charge is 0.306 e.